The van der Waals surface area contributed by atoms with Crippen molar-refractivity contribution in [1.29, 1.82) is 0 Å². The smallest absolute Gasteiger partial charge is 0.125 e. The van der Waals surface area contributed by atoms with Crippen molar-refractivity contribution in [3.05, 3.63) is 0 Å². The molecule has 0 amide bonds. The molecule has 1 aliphatic rings. The lowest BCUT2D eigenvalue weighted by atomic mass is 10.1. The fourth-order valence-electron chi connectivity index (χ4n) is 0.690. The van der Waals surface area contributed by atoms with Crippen LogP contribution in [0, 0.1) is 0 Å². The standard InChI is InChI=1S/C6H11NO/c1-5-3-4-6(2)8-7-5/h6H,3-4H2,1-2H3. The van der Waals surface area contributed by atoms with Gasteiger partial charge in [0.05, 0.1) is 5.71 Å². The predicted molar refractivity (Wildman–Crippen MR) is 32.9 cm³/mol. The number of rotatable bonds is 0. The maximum Gasteiger partial charge on any atom is 0.125 e. The van der Waals surface area contributed by atoms with Gasteiger partial charge in [0.25, 0.3) is 0 Å². The Bertz CT molecular complexity index is 109. The molecule has 1 aliphatic heterocycles. The van der Waals surface area contributed by atoms with Gasteiger partial charge in [0, 0.05) is 0 Å². The summed E-state index contributed by atoms with van der Waals surface area (Å²) in [5.74, 6) is 0. The van der Waals surface area contributed by atoms with Gasteiger partial charge in [-0.25, -0.2) is 0 Å². The first-order chi connectivity index (χ1) is 3.79. The van der Waals surface area contributed by atoms with Crippen LogP contribution in [0.1, 0.15) is 26.7 Å². The van der Waals surface area contributed by atoms with Gasteiger partial charge in [-0.15, -0.1) is 0 Å². The average Bonchev–Trinajstić information content (AvgIpc) is 1.77. The largest absolute Gasteiger partial charge is 0.393 e. The van der Waals surface area contributed by atoms with E-state index in [9.17, 15) is 0 Å². The number of hydrogen-bond acceptors (Lipinski definition) is 2. The van der Waals surface area contributed by atoms with Crippen LogP contribution in [0.3, 0.4) is 0 Å². The Morgan fingerprint density at radius 3 is 2.88 bits per heavy atom. The SMILES string of the molecule is CC1=NOC(C)CC1. The summed E-state index contributed by atoms with van der Waals surface area (Å²) in [6, 6.07) is 0. The molecule has 0 saturated heterocycles. The highest BCUT2D eigenvalue weighted by Gasteiger charge is 2.07. The molecule has 0 aromatic carbocycles. The molecule has 0 aromatic heterocycles. The Kier molecular flexibility index (Phi) is 1.51. The molecule has 1 heterocycles. The van der Waals surface area contributed by atoms with Crippen molar-refractivity contribution in [3.8, 4) is 0 Å². The van der Waals surface area contributed by atoms with E-state index in [1.165, 1.54) is 0 Å². The van der Waals surface area contributed by atoms with E-state index >= 15 is 0 Å². The molecule has 0 N–H and O–H groups in total. The second-order valence-electron chi connectivity index (χ2n) is 2.28. The maximum atomic E-state index is 4.98. The first kappa shape index (κ1) is 5.60. The van der Waals surface area contributed by atoms with Crippen LogP contribution in [0.25, 0.3) is 0 Å². The van der Waals surface area contributed by atoms with E-state index in [1.54, 1.807) is 0 Å². The molecule has 0 aliphatic carbocycles. The Balaban J connectivity index is 2.42. The van der Waals surface area contributed by atoms with E-state index in [1.807, 2.05) is 13.8 Å². The van der Waals surface area contributed by atoms with E-state index in [2.05, 4.69) is 5.16 Å². The fraction of sp³-hybridized carbons (Fsp3) is 0.833. The fourth-order valence-corrected chi connectivity index (χ4v) is 0.690. The van der Waals surface area contributed by atoms with Crippen molar-refractivity contribution < 1.29 is 4.84 Å². The van der Waals surface area contributed by atoms with Gasteiger partial charge >= 0.3 is 0 Å². The maximum absolute atomic E-state index is 4.98. The highest BCUT2D eigenvalue weighted by Crippen LogP contribution is 2.08. The molecule has 0 radical (unpaired) electrons. The van der Waals surface area contributed by atoms with Crippen molar-refractivity contribution in [3.63, 3.8) is 0 Å². The Hall–Kier alpha value is -0.530. The third-order valence-corrected chi connectivity index (χ3v) is 1.30. The lowest BCUT2D eigenvalue weighted by molar-refractivity contribution is 0.0568. The molecule has 0 fully saturated rings. The molecule has 0 bridgehead atoms. The molecule has 0 saturated carbocycles. The molecule has 2 heteroatoms. The molecule has 46 valence electrons. The highest BCUT2D eigenvalue weighted by atomic mass is 16.6. The Morgan fingerprint density at radius 2 is 2.50 bits per heavy atom. The molecule has 2 nitrogen and oxygen atoms in total. The van der Waals surface area contributed by atoms with Crippen LogP contribution in [0.5, 0.6) is 0 Å². The molecule has 1 unspecified atom stereocenters. The second kappa shape index (κ2) is 2.16. The lowest BCUT2D eigenvalue weighted by Gasteiger charge is -2.14. The summed E-state index contributed by atoms with van der Waals surface area (Å²) < 4.78 is 0. The van der Waals surface area contributed by atoms with Crippen molar-refractivity contribution in [2.45, 2.75) is 32.8 Å². The zero-order valence-electron chi connectivity index (χ0n) is 5.35. The van der Waals surface area contributed by atoms with E-state index in [-0.39, 0.29) is 0 Å². The highest BCUT2D eigenvalue weighted by molar-refractivity contribution is 5.81. The zero-order valence-corrected chi connectivity index (χ0v) is 5.35. The predicted octanol–water partition coefficient (Wildman–Crippen LogP) is 1.56. The van der Waals surface area contributed by atoms with E-state index in [4.69, 9.17) is 4.84 Å². The topological polar surface area (TPSA) is 21.6 Å². The van der Waals surface area contributed by atoms with Gasteiger partial charge in [0.15, 0.2) is 0 Å². The number of nitrogens with zero attached hydrogens (tertiary/aromatic N) is 1. The second-order valence-corrected chi connectivity index (χ2v) is 2.28. The van der Waals surface area contributed by atoms with Gasteiger partial charge in [-0.1, -0.05) is 5.16 Å². The van der Waals surface area contributed by atoms with Crippen molar-refractivity contribution >= 4 is 5.71 Å². The molecule has 1 atom stereocenters. The number of oxime groups is 1. The monoisotopic (exact) mass is 113 g/mol. The van der Waals surface area contributed by atoms with Gasteiger partial charge in [-0.2, -0.15) is 0 Å². The van der Waals surface area contributed by atoms with Crippen LogP contribution < -0.4 is 0 Å². The summed E-state index contributed by atoms with van der Waals surface area (Å²) >= 11 is 0. The third kappa shape index (κ3) is 1.22. The van der Waals surface area contributed by atoms with Gasteiger partial charge in [0.1, 0.15) is 6.10 Å². The Labute approximate surface area is 49.5 Å². The van der Waals surface area contributed by atoms with Crippen molar-refractivity contribution in [1.82, 2.24) is 0 Å². The molecule has 0 spiro atoms. The van der Waals surface area contributed by atoms with Crippen molar-refractivity contribution in [2.24, 2.45) is 5.16 Å². The summed E-state index contributed by atoms with van der Waals surface area (Å²) in [6.45, 7) is 4.03. The normalized spacial score (nSPS) is 28.8. The van der Waals surface area contributed by atoms with Crippen LogP contribution in [-0.2, 0) is 4.84 Å². The molecular formula is C6H11NO. The van der Waals surface area contributed by atoms with Crippen LogP contribution in [0.15, 0.2) is 5.16 Å². The number of hydrogen-bond donors (Lipinski definition) is 0. The minimum absolute atomic E-state index is 0.332. The van der Waals surface area contributed by atoms with Crippen molar-refractivity contribution in [2.75, 3.05) is 0 Å². The van der Waals surface area contributed by atoms with Crippen LogP contribution in [0.2, 0.25) is 0 Å². The first-order valence-electron chi connectivity index (χ1n) is 2.98. The van der Waals surface area contributed by atoms with Gasteiger partial charge < -0.3 is 4.84 Å². The summed E-state index contributed by atoms with van der Waals surface area (Å²) in [6.07, 6.45) is 2.55. The molecular weight excluding hydrogens is 102 g/mol. The van der Waals surface area contributed by atoms with Crippen LogP contribution in [0.4, 0.5) is 0 Å². The first-order valence-corrected chi connectivity index (χ1v) is 2.98. The summed E-state index contributed by atoms with van der Waals surface area (Å²) in [5.41, 5.74) is 1.11. The van der Waals surface area contributed by atoms with E-state index < -0.39 is 0 Å². The minimum Gasteiger partial charge on any atom is -0.393 e. The van der Waals surface area contributed by atoms with Gasteiger partial charge in [0.2, 0.25) is 0 Å². The quantitative estimate of drug-likeness (QED) is 0.467. The van der Waals surface area contributed by atoms with Gasteiger partial charge in [-0.05, 0) is 26.7 Å². The summed E-state index contributed by atoms with van der Waals surface area (Å²) in [4.78, 5) is 4.98. The van der Waals surface area contributed by atoms with Crippen LogP contribution >= 0.6 is 0 Å². The van der Waals surface area contributed by atoms with E-state index in [0.29, 0.717) is 6.10 Å². The Morgan fingerprint density at radius 1 is 1.75 bits per heavy atom. The molecule has 0 aromatic rings. The average molecular weight is 113 g/mol. The molecule has 1 rings (SSSR count). The lowest BCUT2D eigenvalue weighted by Crippen LogP contribution is -2.12. The summed E-state index contributed by atoms with van der Waals surface area (Å²) in [7, 11) is 0. The minimum atomic E-state index is 0.332. The zero-order chi connectivity index (χ0) is 5.98. The van der Waals surface area contributed by atoms with Gasteiger partial charge in [-0.3, -0.25) is 0 Å². The van der Waals surface area contributed by atoms with Crippen LogP contribution in [-0.4, -0.2) is 11.8 Å². The third-order valence-electron chi connectivity index (χ3n) is 1.30. The van der Waals surface area contributed by atoms with E-state index in [0.717, 1.165) is 18.6 Å². The molecule has 8 heavy (non-hydrogen) atoms. The summed E-state index contributed by atoms with van der Waals surface area (Å²) in [5, 5.41) is 3.83.